The number of nitrogens with one attached hydrogen (secondary N) is 1. The van der Waals surface area contributed by atoms with E-state index in [0.29, 0.717) is 29.4 Å². The zero-order valence-electron chi connectivity index (χ0n) is 15.2. The van der Waals surface area contributed by atoms with E-state index in [-0.39, 0.29) is 22.6 Å². The molecule has 29 heavy (non-hydrogen) atoms. The van der Waals surface area contributed by atoms with Crippen LogP contribution in [0.1, 0.15) is 16.6 Å². The van der Waals surface area contributed by atoms with Gasteiger partial charge in [0.2, 0.25) is 0 Å². The number of thiophene rings is 1. The predicted octanol–water partition coefficient (Wildman–Crippen LogP) is 3.79. The van der Waals surface area contributed by atoms with Gasteiger partial charge in [0.1, 0.15) is 28.8 Å². The van der Waals surface area contributed by atoms with E-state index in [1.54, 1.807) is 19.1 Å². The quantitative estimate of drug-likeness (QED) is 0.611. The highest BCUT2D eigenvalue weighted by molar-refractivity contribution is 7.93. The molecule has 0 radical (unpaired) electrons. The van der Waals surface area contributed by atoms with E-state index >= 15 is 0 Å². The van der Waals surface area contributed by atoms with Gasteiger partial charge in [-0.05, 0) is 31.2 Å². The second-order valence-corrected chi connectivity index (χ2v) is 8.73. The van der Waals surface area contributed by atoms with Crippen LogP contribution >= 0.6 is 11.3 Å². The van der Waals surface area contributed by atoms with Crippen LogP contribution < -0.4 is 14.2 Å². The van der Waals surface area contributed by atoms with Gasteiger partial charge in [0, 0.05) is 16.2 Å². The molecule has 0 fully saturated rings. The molecule has 1 aromatic heterocycles. The van der Waals surface area contributed by atoms with Crippen molar-refractivity contribution in [3.63, 3.8) is 0 Å². The molecule has 0 unspecified atom stereocenters. The van der Waals surface area contributed by atoms with Gasteiger partial charge in [-0.3, -0.25) is 4.72 Å². The van der Waals surface area contributed by atoms with Crippen LogP contribution in [0.5, 0.6) is 11.5 Å². The molecule has 0 bridgehead atoms. The van der Waals surface area contributed by atoms with Crippen molar-refractivity contribution in [3.05, 3.63) is 47.1 Å². The van der Waals surface area contributed by atoms with Crippen molar-refractivity contribution in [2.75, 3.05) is 24.5 Å². The summed E-state index contributed by atoms with van der Waals surface area (Å²) >= 11 is 0.868. The van der Waals surface area contributed by atoms with Crippen molar-refractivity contribution in [2.45, 2.75) is 11.8 Å². The van der Waals surface area contributed by atoms with Crippen LogP contribution in [-0.4, -0.2) is 34.2 Å². The molecule has 2 heterocycles. The number of ether oxygens (including phenoxy) is 3. The van der Waals surface area contributed by atoms with Crippen LogP contribution in [0.3, 0.4) is 0 Å². The number of esters is 1. The summed E-state index contributed by atoms with van der Waals surface area (Å²) < 4.78 is 59.5. The number of fused-ring (bicyclic) bond motifs is 2. The van der Waals surface area contributed by atoms with Gasteiger partial charge >= 0.3 is 5.97 Å². The molecule has 4 rings (SSSR count). The second kappa shape index (κ2) is 7.53. The minimum absolute atomic E-state index is 0.0602. The highest BCUT2D eigenvalue weighted by Gasteiger charge is 2.31. The Morgan fingerprint density at radius 3 is 2.72 bits per heavy atom. The molecule has 0 amide bonds. The van der Waals surface area contributed by atoms with Crippen molar-refractivity contribution in [3.8, 4) is 11.5 Å². The van der Waals surface area contributed by atoms with Gasteiger partial charge in [0.25, 0.3) is 10.0 Å². The van der Waals surface area contributed by atoms with Gasteiger partial charge in [-0.1, -0.05) is 6.07 Å². The summed E-state index contributed by atoms with van der Waals surface area (Å²) in [6, 6.07) is 8.70. The third-order valence-corrected chi connectivity index (χ3v) is 6.86. The van der Waals surface area contributed by atoms with E-state index in [0.717, 1.165) is 17.4 Å². The SMILES string of the molecule is CCOC(=O)c1sc2cccc(F)c2c1S(=O)(=O)Nc1ccc2c(c1)OCCO2. The van der Waals surface area contributed by atoms with Crippen LogP contribution in [0.25, 0.3) is 10.1 Å². The first-order valence-electron chi connectivity index (χ1n) is 8.71. The molecule has 1 N–H and O–H groups in total. The van der Waals surface area contributed by atoms with Crippen LogP contribution in [0.4, 0.5) is 10.1 Å². The van der Waals surface area contributed by atoms with Gasteiger partial charge in [0.05, 0.1) is 12.3 Å². The Bertz CT molecular complexity index is 1200. The smallest absolute Gasteiger partial charge is 0.349 e. The van der Waals surface area contributed by atoms with Gasteiger partial charge in [-0.2, -0.15) is 0 Å². The third-order valence-electron chi connectivity index (χ3n) is 4.14. The standard InChI is InChI=1S/C19H16FNO6S2/c1-2-25-19(22)17-18(16-12(20)4-3-5-15(16)28-17)29(23,24)21-11-6-7-13-14(10-11)27-9-8-26-13/h3-7,10,21H,2,8-9H2,1H3. The molecular weight excluding hydrogens is 421 g/mol. The van der Waals surface area contributed by atoms with Crippen molar-refractivity contribution in [2.24, 2.45) is 0 Å². The van der Waals surface area contributed by atoms with E-state index in [9.17, 15) is 17.6 Å². The fraction of sp³-hybridized carbons (Fsp3) is 0.211. The molecule has 7 nitrogen and oxygen atoms in total. The highest BCUT2D eigenvalue weighted by Crippen LogP contribution is 2.39. The number of rotatable bonds is 5. The fourth-order valence-corrected chi connectivity index (χ4v) is 5.85. The van der Waals surface area contributed by atoms with Crippen molar-refractivity contribution >= 4 is 43.1 Å². The van der Waals surface area contributed by atoms with Crippen LogP contribution in [0.2, 0.25) is 0 Å². The summed E-state index contributed by atoms with van der Waals surface area (Å²) in [6.45, 7) is 2.41. The number of sulfonamides is 1. The lowest BCUT2D eigenvalue weighted by atomic mass is 10.2. The Kier molecular flexibility index (Phi) is 5.05. The minimum atomic E-state index is -4.32. The maximum absolute atomic E-state index is 14.5. The first-order chi connectivity index (χ1) is 13.9. The summed E-state index contributed by atoms with van der Waals surface area (Å²) in [5, 5.41) is -0.148. The molecule has 1 aliphatic heterocycles. The monoisotopic (exact) mass is 437 g/mol. The van der Waals surface area contributed by atoms with Crippen LogP contribution in [0, 0.1) is 5.82 Å². The Morgan fingerprint density at radius 2 is 1.97 bits per heavy atom. The van der Waals surface area contributed by atoms with E-state index < -0.39 is 26.7 Å². The van der Waals surface area contributed by atoms with Crippen molar-refractivity contribution in [1.29, 1.82) is 0 Å². The Labute approximate surface area is 170 Å². The summed E-state index contributed by atoms with van der Waals surface area (Å²) in [5.41, 5.74) is 0.194. The lowest BCUT2D eigenvalue weighted by Gasteiger charge is -2.19. The number of carbonyl (C=O) groups is 1. The van der Waals surface area contributed by atoms with E-state index in [4.69, 9.17) is 14.2 Å². The Morgan fingerprint density at radius 1 is 1.21 bits per heavy atom. The van der Waals surface area contributed by atoms with Gasteiger partial charge in [-0.15, -0.1) is 11.3 Å². The summed E-state index contributed by atoms with van der Waals surface area (Å²) in [5.74, 6) is -0.672. The number of hydrogen-bond acceptors (Lipinski definition) is 7. The molecule has 1 aliphatic rings. The fourth-order valence-electron chi connectivity index (χ4n) is 2.98. The minimum Gasteiger partial charge on any atom is -0.486 e. The first kappa shape index (κ1) is 19.5. The molecule has 0 atom stereocenters. The molecule has 3 aromatic rings. The Balaban J connectivity index is 1.82. The summed E-state index contributed by atoms with van der Waals surface area (Å²) in [4.78, 5) is 11.7. The van der Waals surface area contributed by atoms with E-state index in [1.165, 1.54) is 18.2 Å². The molecule has 2 aromatic carbocycles. The largest absolute Gasteiger partial charge is 0.486 e. The lowest BCUT2D eigenvalue weighted by molar-refractivity contribution is 0.0528. The number of halogens is 1. The van der Waals surface area contributed by atoms with Crippen LogP contribution in [-0.2, 0) is 14.8 Å². The molecule has 10 heteroatoms. The third kappa shape index (κ3) is 3.60. The van der Waals surface area contributed by atoms with Crippen molar-refractivity contribution < 1.29 is 31.8 Å². The second-order valence-electron chi connectivity index (χ2n) is 6.06. The van der Waals surface area contributed by atoms with Gasteiger partial charge < -0.3 is 14.2 Å². The Hall–Kier alpha value is -2.85. The van der Waals surface area contributed by atoms with Gasteiger partial charge in [-0.25, -0.2) is 17.6 Å². The zero-order chi connectivity index (χ0) is 20.6. The molecule has 0 saturated carbocycles. The highest BCUT2D eigenvalue weighted by atomic mass is 32.2. The van der Waals surface area contributed by atoms with E-state index in [2.05, 4.69) is 4.72 Å². The molecule has 0 saturated heterocycles. The normalized spacial score (nSPS) is 13.3. The topological polar surface area (TPSA) is 90.9 Å². The molecule has 152 valence electrons. The maximum Gasteiger partial charge on any atom is 0.349 e. The predicted molar refractivity (Wildman–Crippen MR) is 106 cm³/mol. The number of carbonyl (C=O) groups excluding carboxylic acids is 1. The zero-order valence-corrected chi connectivity index (χ0v) is 16.9. The molecular formula is C19H16FNO6S2. The maximum atomic E-state index is 14.5. The number of hydrogen-bond donors (Lipinski definition) is 1. The van der Waals surface area contributed by atoms with Crippen molar-refractivity contribution in [1.82, 2.24) is 0 Å². The summed E-state index contributed by atoms with van der Waals surface area (Å²) in [7, 11) is -4.32. The molecule has 0 spiro atoms. The lowest BCUT2D eigenvalue weighted by Crippen LogP contribution is -2.18. The van der Waals surface area contributed by atoms with E-state index in [1.807, 2.05) is 0 Å². The average Bonchev–Trinajstić information content (AvgIpc) is 3.10. The first-order valence-corrected chi connectivity index (χ1v) is 11.0. The van der Waals surface area contributed by atoms with Crippen LogP contribution in [0.15, 0.2) is 41.3 Å². The molecule has 0 aliphatic carbocycles. The number of benzene rings is 2. The number of anilines is 1. The summed E-state index contributed by atoms with van der Waals surface area (Å²) in [6.07, 6.45) is 0. The van der Waals surface area contributed by atoms with Gasteiger partial charge in [0.15, 0.2) is 11.5 Å². The average molecular weight is 437 g/mol.